The van der Waals surface area contributed by atoms with Crippen molar-refractivity contribution in [2.24, 2.45) is 5.92 Å². The number of hydrogen-bond acceptors (Lipinski definition) is 7. The first-order valence-electron chi connectivity index (χ1n) is 10.9. The van der Waals surface area contributed by atoms with Crippen molar-refractivity contribution in [3.05, 3.63) is 59.3 Å². The summed E-state index contributed by atoms with van der Waals surface area (Å²) in [6.07, 6.45) is 6.46. The molecule has 2 fully saturated rings. The summed E-state index contributed by atoms with van der Waals surface area (Å²) in [7, 11) is 1.55. The molecule has 33 heavy (non-hydrogen) atoms. The number of nitrogens with zero attached hydrogens (tertiary/aromatic N) is 3. The van der Waals surface area contributed by atoms with Crippen LogP contribution in [0.15, 0.2) is 36.8 Å². The molecule has 8 heteroatoms. The van der Waals surface area contributed by atoms with Gasteiger partial charge in [0.2, 0.25) is 5.91 Å². The van der Waals surface area contributed by atoms with Gasteiger partial charge in [-0.1, -0.05) is 12.0 Å². The first kappa shape index (κ1) is 21.5. The van der Waals surface area contributed by atoms with E-state index in [1.165, 1.54) is 0 Å². The van der Waals surface area contributed by atoms with Gasteiger partial charge in [0.1, 0.15) is 23.2 Å². The van der Waals surface area contributed by atoms with Crippen molar-refractivity contribution in [3.63, 3.8) is 0 Å². The van der Waals surface area contributed by atoms with Gasteiger partial charge in [0.15, 0.2) is 0 Å². The fraction of sp³-hybridized carbons (Fsp3) is 0.360. The summed E-state index contributed by atoms with van der Waals surface area (Å²) in [6.45, 7) is 2.40. The lowest BCUT2D eigenvalue weighted by Crippen LogP contribution is -2.39. The molecule has 1 saturated heterocycles. The van der Waals surface area contributed by atoms with Gasteiger partial charge in [0.25, 0.3) is 0 Å². The standard InChI is InChI=1S/C25H24N4O4/c1-15-21-12-28-23(29-24(30)16-3-4-16)9-20(21)17(10-26-15)5-7-19-8-6-18(11-27-19)25(31)14-33-13-22(25)32-2/h6,8-12,16,22,31H,3-4,13-14H2,1-2H3,(H,28,29,30)/t22-,25+/m1/s1. The van der Waals surface area contributed by atoms with Crippen molar-refractivity contribution >= 4 is 22.5 Å². The van der Waals surface area contributed by atoms with Gasteiger partial charge in [-0.15, -0.1) is 0 Å². The Morgan fingerprint density at radius 2 is 2.03 bits per heavy atom. The molecule has 2 N–H and O–H groups in total. The zero-order valence-corrected chi connectivity index (χ0v) is 18.5. The molecular weight excluding hydrogens is 420 g/mol. The highest BCUT2D eigenvalue weighted by Crippen LogP contribution is 2.32. The number of hydrogen-bond donors (Lipinski definition) is 2. The Morgan fingerprint density at radius 1 is 1.18 bits per heavy atom. The maximum Gasteiger partial charge on any atom is 0.228 e. The van der Waals surface area contributed by atoms with E-state index in [2.05, 4.69) is 32.1 Å². The summed E-state index contributed by atoms with van der Waals surface area (Å²) >= 11 is 0. The Morgan fingerprint density at radius 3 is 2.76 bits per heavy atom. The van der Waals surface area contributed by atoms with Crippen molar-refractivity contribution in [2.45, 2.75) is 31.5 Å². The van der Waals surface area contributed by atoms with Crippen LogP contribution in [0.25, 0.3) is 10.8 Å². The van der Waals surface area contributed by atoms with Crippen LogP contribution in [0.3, 0.4) is 0 Å². The SMILES string of the molecule is CO[C@@H]1COC[C@]1(O)c1ccc(C#Cc2cnc(C)c3cnc(NC(=O)C4CC4)cc23)nc1. The number of anilines is 1. The van der Waals surface area contributed by atoms with Crippen molar-refractivity contribution in [3.8, 4) is 11.8 Å². The number of aliphatic hydroxyl groups is 1. The lowest BCUT2D eigenvalue weighted by atomic mass is 9.92. The van der Waals surface area contributed by atoms with Crippen LogP contribution in [0.2, 0.25) is 0 Å². The number of fused-ring (bicyclic) bond motifs is 1. The van der Waals surface area contributed by atoms with Crippen LogP contribution in [0.5, 0.6) is 0 Å². The number of carbonyl (C=O) groups is 1. The van der Waals surface area contributed by atoms with E-state index in [0.29, 0.717) is 29.2 Å². The summed E-state index contributed by atoms with van der Waals surface area (Å²) in [6, 6.07) is 5.39. The summed E-state index contributed by atoms with van der Waals surface area (Å²) in [5.41, 5.74) is 1.51. The summed E-state index contributed by atoms with van der Waals surface area (Å²) < 4.78 is 10.7. The molecule has 0 spiro atoms. The lowest BCUT2D eigenvalue weighted by Gasteiger charge is -2.26. The van der Waals surface area contributed by atoms with E-state index in [-0.39, 0.29) is 18.4 Å². The summed E-state index contributed by atoms with van der Waals surface area (Å²) in [5.74, 6) is 6.82. The highest BCUT2D eigenvalue weighted by atomic mass is 16.6. The number of methoxy groups -OCH3 is 1. The molecule has 1 aliphatic carbocycles. The molecular formula is C25H24N4O4. The van der Waals surface area contributed by atoms with Gasteiger partial charge < -0.3 is 19.9 Å². The van der Waals surface area contributed by atoms with Crippen LogP contribution < -0.4 is 5.32 Å². The Bertz CT molecular complexity index is 1280. The molecule has 8 nitrogen and oxygen atoms in total. The van der Waals surface area contributed by atoms with E-state index in [9.17, 15) is 9.90 Å². The molecule has 0 unspecified atom stereocenters. The topological polar surface area (TPSA) is 106 Å². The number of pyridine rings is 3. The summed E-state index contributed by atoms with van der Waals surface area (Å²) in [4.78, 5) is 25.3. The third-order valence-electron chi connectivity index (χ3n) is 6.17. The Hall–Kier alpha value is -3.38. The Balaban J connectivity index is 1.43. The monoisotopic (exact) mass is 444 g/mol. The molecule has 1 aliphatic heterocycles. The molecule has 1 amide bonds. The molecule has 3 aromatic heterocycles. The Labute approximate surface area is 191 Å². The van der Waals surface area contributed by atoms with Gasteiger partial charge >= 0.3 is 0 Å². The van der Waals surface area contributed by atoms with Crippen LogP contribution in [0.1, 0.15) is 35.4 Å². The van der Waals surface area contributed by atoms with Crippen LogP contribution in [-0.2, 0) is 19.9 Å². The zero-order valence-electron chi connectivity index (χ0n) is 18.5. The molecule has 168 valence electrons. The summed E-state index contributed by atoms with van der Waals surface area (Å²) in [5, 5.41) is 15.6. The van der Waals surface area contributed by atoms with Crippen molar-refractivity contribution < 1.29 is 19.4 Å². The average molecular weight is 444 g/mol. The minimum Gasteiger partial charge on any atom is -0.380 e. The van der Waals surface area contributed by atoms with Crippen LogP contribution in [0.4, 0.5) is 5.82 Å². The highest BCUT2D eigenvalue weighted by Gasteiger charge is 2.44. The van der Waals surface area contributed by atoms with E-state index in [0.717, 1.165) is 29.3 Å². The largest absolute Gasteiger partial charge is 0.380 e. The average Bonchev–Trinajstić information content (AvgIpc) is 3.61. The smallest absolute Gasteiger partial charge is 0.228 e. The van der Waals surface area contributed by atoms with E-state index in [1.807, 2.05) is 13.0 Å². The van der Waals surface area contributed by atoms with Gasteiger partial charge in [0, 0.05) is 53.6 Å². The quantitative estimate of drug-likeness (QED) is 0.595. The normalized spacial score (nSPS) is 22.1. The maximum absolute atomic E-state index is 12.1. The second-order valence-electron chi connectivity index (χ2n) is 8.48. The third kappa shape index (κ3) is 4.18. The van der Waals surface area contributed by atoms with Crippen molar-refractivity contribution in [1.29, 1.82) is 0 Å². The number of carbonyl (C=O) groups excluding carboxylic acids is 1. The number of aryl methyl sites for hydroxylation is 1. The number of ether oxygens (including phenoxy) is 2. The van der Waals surface area contributed by atoms with Crippen LogP contribution >= 0.6 is 0 Å². The van der Waals surface area contributed by atoms with Crippen molar-refractivity contribution in [2.75, 3.05) is 25.6 Å². The minimum atomic E-state index is -1.22. The highest BCUT2D eigenvalue weighted by molar-refractivity contribution is 5.96. The van der Waals surface area contributed by atoms with Gasteiger partial charge in [-0.05, 0) is 37.8 Å². The second-order valence-corrected chi connectivity index (χ2v) is 8.48. The van der Waals surface area contributed by atoms with E-state index >= 15 is 0 Å². The Kier molecular flexibility index (Phi) is 5.54. The van der Waals surface area contributed by atoms with E-state index in [1.54, 1.807) is 37.8 Å². The molecule has 0 radical (unpaired) electrons. The van der Waals surface area contributed by atoms with E-state index in [4.69, 9.17) is 9.47 Å². The molecule has 1 saturated carbocycles. The predicted molar refractivity (Wildman–Crippen MR) is 121 cm³/mol. The van der Waals surface area contributed by atoms with Gasteiger partial charge in [-0.2, -0.15) is 0 Å². The first-order chi connectivity index (χ1) is 16.0. The predicted octanol–water partition coefficient (Wildman–Crippen LogP) is 2.31. The fourth-order valence-electron chi connectivity index (χ4n) is 3.95. The first-order valence-corrected chi connectivity index (χ1v) is 10.9. The van der Waals surface area contributed by atoms with Gasteiger partial charge in [0.05, 0.1) is 18.8 Å². The fourth-order valence-corrected chi connectivity index (χ4v) is 3.95. The second kappa shape index (κ2) is 8.52. The van der Waals surface area contributed by atoms with Crippen molar-refractivity contribution in [1.82, 2.24) is 15.0 Å². The minimum absolute atomic E-state index is 0.00887. The number of amides is 1. The maximum atomic E-state index is 12.1. The van der Waals surface area contributed by atoms with Gasteiger partial charge in [-0.3, -0.25) is 9.78 Å². The third-order valence-corrected chi connectivity index (χ3v) is 6.17. The molecule has 2 aliphatic rings. The number of nitrogens with one attached hydrogen (secondary N) is 1. The van der Waals surface area contributed by atoms with Crippen LogP contribution in [-0.4, -0.2) is 52.4 Å². The molecule has 5 rings (SSSR count). The molecule has 0 aromatic carbocycles. The molecule has 3 aromatic rings. The van der Waals surface area contributed by atoms with Gasteiger partial charge in [-0.25, -0.2) is 9.97 Å². The molecule has 4 heterocycles. The number of aromatic nitrogens is 3. The molecule has 2 atom stereocenters. The zero-order chi connectivity index (χ0) is 23.0. The van der Waals surface area contributed by atoms with E-state index < -0.39 is 11.7 Å². The number of rotatable bonds is 4. The molecule has 0 bridgehead atoms. The lowest BCUT2D eigenvalue weighted by molar-refractivity contribution is -0.117. The van der Waals surface area contributed by atoms with Crippen LogP contribution in [0, 0.1) is 24.7 Å².